The number of amides is 1. The first kappa shape index (κ1) is 31.9. The lowest BCUT2D eigenvalue weighted by molar-refractivity contribution is 0.101. The summed E-state index contributed by atoms with van der Waals surface area (Å²) in [7, 11) is 0. The summed E-state index contributed by atoms with van der Waals surface area (Å²) in [5.41, 5.74) is 2.12. The van der Waals surface area contributed by atoms with E-state index >= 15 is 0 Å². The number of benzene rings is 3. The number of anilines is 1. The summed E-state index contributed by atoms with van der Waals surface area (Å²) in [5.74, 6) is -0.593. The van der Waals surface area contributed by atoms with Crippen LogP contribution >= 0.6 is 11.6 Å². The van der Waals surface area contributed by atoms with E-state index in [1.165, 1.54) is 53.7 Å². The minimum atomic E-state index is -0.806. The standard InChI is InChI=1S/C36H27ClFN7O3/c1-22(2)45-21-28(23-13-15-26(38)16-14-23)33(46)32(44-45)35(47)43-36-40-19-27(20-41-36)48-29-17-18-39-34(30(29)37)42-31(24-9-5-3-6-10-24)25-11-7-4-8-12-25/h3-22H,1-2H3,(H,40,41,43,47). The molecule has 48 heavy (non-hydrogen) atoms. The van der Waals surface area contributed by atoms with Crippen molar-refractivity contribution in [2.45, 2.75) is 19.9 Å². The minimum Gasteiger partial charge on any atom is -0.452 e. The van der Waals surface area contributed by atoms with Crippen molar-refractivity contribution in [3.05, 3.63) is 154 Å². The van der Waals surface area contributed by atoms with Gasteiger partial charge in [-0.2, -0.15) is 5.10 Å². The fourth-order valence-electron chi connectivity index (χ4n) is 4.64. The van der Waals surface area contributed by atoms with Gasteiger partial charge in [0.15, 0.2) is 23.0 Å². The van der Waals surface area contributed by atoms with Gasteiger partial charge in [0.2, 0.25) is 11.4 Å². The molecular weight excluding hydrogens is 633 g/mol. The van der Waals surface area contributed by atoms with Gasteiger partial charge in [0.25, 0.3) is 5.91 Å². The van der Waals surface area contributed by atoms with Crippen LogP contribution in [0.3, 0.4) is 0 Å². The normalized spacial score (nSPS) is 10.9. The van der Waals surface area contributed by atoms with Crippen LogP contribution in [0.5, 0.6) is 11.5 Å². The van der Waals surface area contributed by atoms with Crippen molar-refractivity contribution in [3.63, 3.8) is 0 Å². The van der Waals surface area contributed by atoms with Crippen LogP contribution in [-0.4, -0.2) is 36.4 Å². The Labute approximate surface area is 279 Å². The first-order chi connectivity index (χ1) is 23.3. The number of nitrogens with one attached hydrogen (secondary N) is 1. The topological polar surface area (TPSA) is 124 Å². The first-order valence-electron chi connectivity index (χ1n) is 14.8. The molecular formula is C36H27ClFN7O3. The van der Waals surface area contributed by atoms with Gasteiger partial charge in [-0.15, -0.1) is 0 Å². The van der Waals surface area contributed by atoms with E-state index in [2.05, 4.69) is 25.4 Å². The van der Waals surface area contributed by atoms with Gasteiger partial charge in [0.1, 0.15) is 10.8 Å². The Balaban J connectivity index is 1.23. The molecule has 6 aromatic rings. The summed E-state index contributed by atoms with van der Waals surface area (Å²) in [5, 5.41) is 6.91. The lowest BCUT2D eigenvalue weighted by Crippen LogP contribution is -2.28. The molecule has 3 heterocycles. The summed E-state index contributed by atoms with van der Waals surface area (Å²) < 4.78 is 21.0. The van der Waals surface area contributed by atoms with Crippen LogP contribution < -0.4 is 15.5 Å². The lowest BCUT2D eigenvalue weighted by Gasteiger charge is -2.14. The maximum Gasteiger partial charge on any atom is 0.282 e. The lowest BCUT2D eigenvalue weighted by atomic mass is 10.0. The average Bonchev–Trinajstić information content (AvgIpc) is 3.10. The molecule has 0 spiro atoms. The fraction of sp³-hybridized carbons (Fsp3) is 0.0833. The molecule has 0 aliphatic carbocycles. The predicted molar refractivity (Wildman–Crippen MR) is 182 cm³/mol. The van der Waals surface area contributed by atoms with Gasteiger partial charge in [-0.25, -0.2) is 24.3 Å². The van der Waals surface area contributed by atoms with E-state index in [4.69, 9.17) is 21.3 Å². The Morgan fingerprint density at radius 1 is 0.896 bits per heavy atom. The zero-order valence-corrected chi connectivity index (χ0v) is 26.5. The number of halogens is 2. The second-order valence-corrected chi connectivity index (χ2v) is 11.1. The highest BCUT2D eigenvalue weighted by molar-refractivity contribution is 6.34. The van der Waals surface area contributed by atoms with Crippen molar-refractivity contribution in [2.75, 3.05) is 5.32 Å². The summed E-state index contributed by atoms with van der Waals surface area (Å²) in [6.07, 6.45) is 5.75. The third-order valence-electron chi connectivity index (χ3n) is 7.06. The van der Waals surface area contributed by atoms with Crippen molar-refractivity contribution in [3.8, 4) is 22.6 Å². The number of ether oxygens (including phenoxy) is 1. The molecule has 0 radical (unpaired) electrons. The third-order valence-corrected chi connectivity index (χ3v) is 7.42. The Morgan fingerprint density at radius 2 is 1.52 bits per heavy atom. The molecule has 0 unspecified atom stereocenters. The molecule has 0 fully saturated rings. The van der Waals surface area contributed by atoms with Crippen LogP contribution in [0.15, 0.2) is 126 Å². The molecule has 6 rings (SSSR count). The largest absolute Gasteiger partial charge is 0.452 e. The SMILES string of the molecule is CC(C)n1cc(-c2ccc(F)cc2)c(=O)c(C(=O)Nc2ncc(Oc3ccnc(N=C(c4ccccc4)c4ccccc4)c3Cl)cn2)n1. The smallest absolute Gasteiger partial charge is 0.282 e. The number of carbonyl (C=O) groups excluding carboxylic acids is 1. The highest BCUT2D eigenvalue weighted by Gasteiger charge is 2.20. The van der Waals surface area contributed by atoms with E-state index in [0.29, 0.717) is 11.3 Å². The second kappa shape index (κ2) is 14.1. The van der Waals surface area contributed by atoms with E-state index in [1.807, 2.05) is 74.5 Å². The van der Waals surface area contributed by atoms with Crippen molar-refractivity contribution in [1.29, 1.82) is 0 Å². The van der Waals surface area contributed by atoms with Crippen LogP contribution in [-0.2, 0) is 0 Å². The molecule has 12 heteroatoms. The number of rotatable bonds is 9. The van der Waals surface area contributed by atoms with E-state index in [-0.39, 0.29) is 45.6 Å². The third kappa shape index (κ3) is 7.16. The first-order valence-corrected chi connectivity index (χ1v) is 15.2. The van der Waals surface area contributed by atoms with E-state index in [1.54, 1.807) is 6.07 Å². The molecule has 1 N–H and O–H groups in total. The summed E-state index contributed by atoms with van der Waals surface area (Å²) in [6.45, 7) is 3.70. The number of carbonyl (C=O) groups is 1. The molecule has 0 atom stereocenters. The molecule has 3 aromatic carbocycles. The van der Waals surface area contributed by atoms with Crippen molar-refractivity contribution < 1.29 is 13.9 Å². The molecule has 0 bridgehead atoms. The second-order valence-electron chi connectivity index (χ2n) is 10.7. The highest BCUT2D eigenvalue weighted by atomic mass is 35.5. The highest BCUT2D eigenvalue weighted by Crippen LogP contribution is 2.35. The van der Waals surface area contributed by atoms with Crippen LogP contribution in [0.2, 0.25) is 5.02 Å². The van der Waals surface area contributed by atoms with Crippen molar-refractivity contribution >= 4 is 35.0 Å². The molecule has 0 saturated carbocycles. The molecule has 10 nitrogen and oxygen atoms in total. The van der Waals surface area contributed by atoms with Gasteiger partial charge in [-0.05, 0) is 31.5 Å². The van der Waals surface area contributed by atoms with Gasteiger partial charge >= 0.3 is 0 Å². The van der Waals surface area contributed by atoms with Crippen LogP contribution in [0, 0.1) is 5.82 Å². The Morgan fingerprint density at radius 3 is 2.12 bits per heavy atom. The molecule has 3 aromatic heterocycles. The van der Waals surface area contributed by atoms with E-state index < -0.39 is 17.2 Å². The molecule has 238 valence electrons. The average molecular weight is 660 g/mol. The van der Waals surface area contributed by atoms with Gasteiger partial charge in [-0.1, -0.05) is 84.4 Å². The quantitative estimate of drug-likeness (QED) is 0.158. The number of hydrogen-bond donors (Lipinski definition) is 1. The number of pyridine rings is 1. The Bertz CT molecular complexity index is 2120. The zero-order valence-electron chi connectivity index (χ0n) is 25.7. The van der Waals surface area contributed by atoms with Gasteiger partial charge < -0.3 is 4.74 Å². The molecule has 1 amide bonds. The Kier molecular flexibility index (Phi) is 9.40. The van der Waals surface area contributed by atoms with Crippen LogP contribution in [0.4, 0.5) is 16.2 Å². The van der Waals surface area contributed by atoms with E-state index in [9.17, 15) is 14.0 Å². The van der Waals surface area contributed by atoms with Gasteiger partial charge in [0, 0.05) is 41.2 Å². The van der Waals surface area contributed by atoms with Gasteiger partial charge in [-0.3, -0.25) is 19.6 Å². The van der Waals surface area contributed by atoms with Gasteiger partial charge in [0.05, 0.1) is 18.1 Å². The fourth-order valence-corrected chi connectivity index (χ4v) is 4.84. The van der Waals surface area contributed by atoms with Crippen LogP contribution in [0.1, 0.15) is 41.5 Å². The Hall–Kier alpha value is -6.07. The molecule has 0 saturated heterocycles. The summed E-state index contributed by atoms with van der Waals surface area (Å²) >= 11 is 6.71. The maximum atomic E-state index is 13.5. The number of hydrogen-bond acceptors (Lipinski definition) is 8. The molecule has 0 aliphatic rings. The number of aromatic nitrogens is 5. The summed E-state index contributed by atoms with van der Waals surface area (Å²) in [4.78, 5) is 44.0. The molecule has 0 aliphatic heterocycles. The van der Waals surface area contributed by atoms with Crippen molar-refractivity contribution in [2.24, 2.45) is 4.99 Å². The van der Waals surface area contributed by atoms with Crippen LogP contribution in [0.25, 0.3) is 11.1 Å². The monoisotopic (exact) mass is 659 g/mol. The maximum absolute atomic E-state index is 13.5. The summed E-state index contributed by atoms with van der Waals surface area (Å²) in [6, 6.07) is 26.2. The zero-order chi connectivity index (χ0) is 33.6. The number of aliphatic imine (C=N–C) groups is 1. The van der Waals surface area contributed by atoms with E-state index in [0.717, 1.165) is 11.1 Å². The van der Waals surface area contributed by atoms with Crippen molar-refractivity contribution in [1.82, 2.24) is 24.7 Å². The number of nitrogens with zero attached hydrogens (tertiary/aromatic N) is 6. The minimum absolute atomic E-state index is 0.0849. The predicted octanol–water partition coefficient (Wildman–Crippen LogP) is 7.68.